The van der Waals surface area contributed by atoms with Crippen molar-refractivity contribution in [2.45, 2.75) is 20.3 Å². The number of carbonyl (C=O) groups excluding carboxylic acids is 1. The molecular formula is C15H22N2O5S. The van der Waals surface area contributed by atoms with Crippen LogP contribution in [0.4, 0.5) is 5.69 Å². The second kappa shape index (κ2) is 7.54. The zero-order chi connectivity index (χ0) is 16.9. The number of benzene rings is 1. The quantitative estimate of drug-likeness (QED) is 0.803. The summed E-state index contributed by atoms with van der Waals surface area (Å²) in [6, 6.07) is 4.87. The highest BCUT2D eigenvalue weighted by molar-refractivity contribution is 7.92. The Kier molecular flexibility index (Phi) is 5.70. The summed E-state index contributed by atoms with van der Waals surface area (Å²) in [5, 5.41) is 2.69. The molecule has 0 bridgehead atoms. The van der Waals surface area contributed by atoms with Crippen LogP contribution in [0, 0.1) is 0 Å². The number of nitrogens with zero attached hydrogens (tertiary/aromatic N) is 1. The van der Waals surface area contributed by atoms with E-state index in [4.69, 9.17) is 9.47 Å². The predicted molar refractivity (Wildman–Crippen MR) is 87.5 cm³/mol. The Morgan fingerprint density at radius 1 is 1.22 bits per heavy atom. The Bertz CT molecular complexity index is 660. The Labute approximate surface area is 136 Å². The SMILES string of the molecule is CCCNC(=O)CN(c1ccc2c(c1)OCCO2)S(=O)(=O)CC. The summed E-state index contributed by atoms with van der Waals surface area (Å²) < 4.78 is 36.7. The molecule has 2 rings (SSSR count). The van der Waals surface area contributed by atoms with Gasteiger partial charge in [-0.1, -0.05) is 6.92 Å². The Morgan fingerprint density at radius 2 is 1.91 bits per heavy atom. The lowest BCUT2D eigenvalue weighted by Crippen LogP contribution is -2.41. The predicted octanol–water partition coefficient (Wildman–Crippen LogP) is 1.14. The average molecular weight is 342 g/mol. The largest absolute Gasteiger partial charge is 0.486 e. The lowest BCUT2D eigenvalue weighted by Gasteiger charge is -2.25. The number of amides is 1. The number of nitrogens with one attached hydrogen (secondary N) is 1. The molecule has 128 valence electrons. The molecule has 23 heavy (non-hydrogen) atoms. The van der Waals surface area contributed by atoms with Crippen LogP contribution in [-0.4, -0.2) is 46.4 Å². The maximum absolute atomic E-state index is 12.4. The molecule has 0 aliphatic carbocycles. The zero-order valence-electron chi connectivity index (χ0n) is 13.4. The van der Waals surface area contributed by atoms with Gasteiger partial charge in [0.05, 0.1) is 11.4 Å². The van der Waals surface area contributed by atoms with Gasteiger partial charge < -0.3 is 14.8 Å². The van der Waals surface area contributed by atoms with Crippen LogP contribution >= 0.6 is 0 Å². The van der Waals surface area contributed by atoms with Crippen LogP contribution in [-0.2, 0) is 14.8 Å². The van der Waals surface area contributed by atoms with Crippen LogP contribution in [0.15, 0.2) is 18.2 Å². The zero-order valence-corrected chi connectivity index (χ0v) is 14.2. The van der Waals surface area contributed by atoms with E-state index in [2.05, 4.69) is 5.32 Å². The lowest BCUT2D eigenvalue weighted by molar-refractivity contribution is -0.119. The van der Waals surface area contributed by atoms with Crippen molar-refractivity contribution in [3.05, 3.63) is 18.2 Å². The van der Waals surface area contributed by atoms with E-state index in [1.807, 2.05) is 6.92 Å². The minimum Gasteiger partial charge on any atom is -0.486 e. The van der Waals surface area contributed by atoms with Crippen LogP contribution in [0.25, 0.3) is 0 Å². The molecule has 0 unspecified atom stereocenters. The number of anilines is 1. The van der Waals surface area contributed by atoms with Gasteiger partial charge in [-0.15, -0.1) is 0 Å². The Balaban J connectivity index is 2.28. The van der Waals surface area contributed by atoms with Crippen LogP contribution in [0.2, 0.25) is 0 Å². The highest BCUT2D eigenvalue weighted by Crippen LogP contribution is 2.34. The molecule has 0 radical (unpaired) electrons. The number of sulfonamides is 1. The first kappa shape index (κ1) is 17.4. The van der Waals surface area contributed by atoms with Crippen LogP contribution in [0.1, 0.15) is 20.3 Å². The van der Waals surface area contributed by atoms with E-state index in [1.54, 1.807) is 25.1 Å². The molecule has 1 aliphatic heterocycles. The second-order valence-corrected chi connectivity index (χ2v) is 7.27. The fraction of sp³-hybridized carbons (Fsp3) is 0.533. The monoisotopic (exact) mass is 342 g/mol. The van der Waals surface area contributed by atoms with Crippen molar-refractivity contribution in [3.8, 4) is 11.5 Å². The van der Waals surface area contributed by atoms with Gasteiger partial charge >= 0.3 is 0 Å². The highest BCUT2D eigenvalue weighted by atomic mass is 32.2. The molecule has 1 aromatic rings. The minimum absolute atomic E-state index is 0.0947. The van der Waals surface area contributed by atoms with Gasteiger partial charge in [0.1, 0.15) is 19.8 Å². The first-order valence-electron chi connectivity index (χ1n) is 7.64. The van der Waals surface area contributed by atoms with Crippen LogP contribution < -0.4 is 19.1 Å². The van der Waals surface area contributed by atoms with Crippen molar-refractivity contribution >= 4 is 21.6 Å². The molecule has 1 amide bonds. The lowest BCUT2D eigenvalue weighted by atomic mass is 10.2. The molecule has 8 heteroatoms. The topological polar surface area (TPSA) is 84.9 Å². The molecule has 0 aromatic heterocycles. The summed E-state index contributed by atoms with van der Waals surface area (Å²) >= 11 is 0. The molecule has 0 atom stereocenters. The third-order valence-electron chi connectivity index (χ3n) is 3.37. The Morgan fingerprint density at radius 3 is 2.57 bits per heavy atom. The van der Waals surface area contributed by atoms with E-state index in [0.29, 0.717) is 36.9 Å². The first-order chi connectivity index (χ1) is 11.0. The molecule has 7 nitrogen and oxygen atoms in total. The van der Waals surface area contributed by atoms with Gasteiger partial charge in [0.25, 0.3) is 0 Å². The number of fused-ring (bicyclic) bond motifs is 1. The van der Waals surface area contributed by atoms with E-state index in [-0.39, 0.29) is 18.2 Å². The molecular weight excluding hydrogens is 320 g/mol. The summed E-state index contributed by atoms with van der Waals surface area (Å²) in [5.41, 5.74) is 0.391. The standard InChI is InChI=1S/C15H22N2O5S/c1-3-7-16-15(18)11-17(23(19,20)4-2)12-5-6-13-14(10-12)22-9-8-21-13/h5-6,10H,3-4,7-9,11H2,1-2H3,(H,16,18). The molecule has 1 aromatic carbocycles. The average Bonchev–Trinajstić information content (AvgIpc) is 2.57. The van der Waals surface area contributed by atoms with Gasteiger partial charge in [0, 0.05) is 12.6 Å². The molecule has 0 fully saturated rings. The summed E-state index contributed by atoms with van der Waals surface area (Å²) in [7, 11) is -3.58. The van der Waals surface area contributed by atoms with Crippen molar-refractivity contribution in [2.75, 3.05) is 36.4 Å². The fourth-order valence-corrected chi connectivity index (χ4v) is 3.20. The van der Waals surface area contributed by atoms with Crippen LogP contribution in [0.3, 0.4) is 0 Å². The van der Waals surface area contributed by atoms with E-state index in [1.165, 1.54) is 0 Å². The van der Waals surface area contributed by atoms with Crippen molar-refractivity contribution in [1.82, 2.24) is 5.32 Å². The number of rotatable bonds is 7. The Hall–Kier alpha value is -1.96. The smallest absolute Gasteiger partial charge is 0.240 e. The molecule has 1 N–H and O–H groups in total. The second-order valence-electron chi connectivity index (χ2n) is 5.09. The number of ether oxygens (including phenoxy) is 2. The molecule has 0 spiro atoms. The minimum atomic E-state index is -3.58. The number of hydrogen-bond donors (Lipinski definition) is 1. The maximum atomic E-state index is 12.4. The molecule has 1 aliphatic rings. The van der Waals surface area contributed by atoms with E-state index in [9.17, 15) is 13.2 Å². The fourth-order valence-electron chi connectivity index (χ4n) is 2.14. The molecule has 0 saturated heterocycles. The van der Waals surface area contributed by atoms with E-state index < -0.39 is 10.0 Å². The third kappa shape index (κ3) is 4.28. The van der Waals surface area contributed by atoms with Gasteiger partial charge in [-0.05, 0) is 25.5 Å². The normalized spacial score (nSPS) is 13.5. The van der Waals surface area contributed by atoms with E-state index >= 15 is 0 Å². The number of carbonyl (C=O) groups is 1. The van der Waals surface area contributed by atoms with Gasteiger partial charge in [-0.3, -0.25) is 9.10 Å². The highest BCUT2D eigenvalue weighted by Gasteiger charge is 2.25. The van der Waals surface area contributed by atoms with Crippen molar-refractivity contribution in [3.63, 3.8) is 0 Å². The maximum Gasteiger partial charge on any atom is 0.240 e. The molecule has 0 saturated carbocycles. The van der Waals surface area contributed by atoms with Gasteiger partial charge in [-0.2, -0.15) is 0 Å². The van der Waals surface area contributed by atoms with Gasteiger partial charge in [0.15, 0.2) is 11.5 Å². The summed E-state index contributed by atoms with van der Waals surface area (Å²) in [6.45, 7) is 4.61. The molecule has 1 heterocycles. The van der Waals surface area contributed by atoms with Crippen LogP contribution in [0.5, 0.6) is 11.5 Å². The third-order valence-corrected chi connectivity index (χ3v) is 5.11. The van der Waals surface area contributed by atoms with Crippen molar-refractivity contribution < 1.29 is 22.7 Å². The summed E-state index contributed by atoms with van der Waals surface area (Å²) in [5.74, 6) is 0.629. The summed E-state index contributed by atoms with van der Waals surface area (Å²) in [4.78, 5) is 12.0. The van der Waals surface area contributed by atoms with E-state index in [0.717, 1.165) is 10.7 Å². The van der Waals surface area contributed by atoms with Gasteiger partial charge in [0.2, 0.25) is 15.9 Å². The van der Waals surface area contributed by atoms with Gasteiger partial charge in [-0.25, -0.2) is 8.42 Å². The van der Waals surface area contributed by atoms with Crippen molar-refractivity contribution in [1.29, 1.82) is 0 Å². The first-order valence-corrected chi connectivity index (χ1v) is 9.25. The number of hydrogen-bond acceptors (Lipinski definition) is 5. The summed E-state index contributed by atoms with van der Waals surface area (Å²) in [6.07, 6.45) is 0.788. The van der Waals surface area contributed by atoms with Crippen molar-refractivity contribution in [2.24, 2.45) is 0 Å².